The van der Waals surface area contributed by atoms with Gasteiger partial charge in [0, 0.05) is 24.7 Å². The minimum atomic E-state index is 0.328. The maximum absolute atomic E-state index is 3.49. The molecule has 0 aliphatic carbocycles. The molecule has 1 fully saturated rings. The van der Waals surface area contributed by atoms with Gasteiger partial charge in [0.15, 0.2) is 0 Å². The summed E-state index contributed by atoms with van der Waals surface area (Å²) in [5.41, 5.74) is 0.328. The van der Waals surface area contributed by atoms with Crippen LogP contribution in [0.25, 0.3) is 0 Å². The quantitative estimate of drug-likeness (QED) is 0.697. The molecule has 0 amide bonds. The number of hydrogen-bond donors (Lipinski definition) is 1. The van der Waals surface area contributed by atoms with Gasteiger partial charge in [-0.2, -0.15) is 0 Å². The van der Waals surface area contributed by atoms with Crippen LogP contribution < -0.4 is 5.32 Å². The van der Waals surface area contributed by atoms with Crippen molar-refractivity contribution in [3.8, 4) is 11.8 Å². The molecule has 1 aliphatic rings. The fourth-order valence-electron chi connectivity index (χ4n) is 2.04. The van der Waals surface area contributed by atoms with Crippen LogP contribution in [0.1, 0.15) is 40.5 Å². The van der Waals surface area contributed by atoms with Crippen LogP contribution in [0.5, 0.6) is 0 Å². The first-order chi connectivity index (χ1) is 7.04. The van der Waals surface area contributed by atoms with E-state index in [1.165, 1.54) is 25.9 Å². The van der Waals surface area contributed by atoms with Gasteiger partial charge in [0.2, 0.25) is 0 Å². The maximum Gasteiger partial charge on any atom is 0.0578 e. The average molecular weight is 208 g/mol. The summed E-state index contributed by atoms with van der Waals surface area (Å²) in [6.45, 7) is 12.0. The van der Waals surface area contributed by atoms with E-state index in [1.54, 1.807) is 0 Å². The number of likely N-dealkylation sites (tertiary alicyclic amines) is 1. The molecule has 0 radical (unpaired) electrons. The minimum Gasteiger partial charge on any atom is -0.303 e. The molecular formula is C13H24N2. The Labute approximate surface area is 94.4 Å². The molecule has 1 N–H and O–H groups in total. The summed E-state index contributed by atoms with van der Waals surface area (Å²) in [7, 11) is 0. The third-order valence-corrected chi connectivity index (χ3v) is 3.10. The Bertz CT molecular complexity index is 233. The van der Waals surface area contributed by atoms with E-state index in [2.05, 4.69) is 42.8 Å². The van der Waals surface area contributed by atoms with Crippen molar-refractivity contribution < 1.29 is 0 Å². The van der Waals surface area contributed by atoms with Gasteiger partial charge >= 0.3 is 0 Å². The van der Waals surface area contributed by atoms with E-state index < -0.39 is 0 Å². The van der Waals surface area contributed by atoms with Crippen molar-refractivity contribution in [3.05, 3.63) is 0 Å². The number of nitrogens with one attached hydrogen (secondary N) is 1. The Morgan fingerprint density at radius 3 is 2.33 bits per heavy atom. The summed E-state index contributed by atoms with van der Waals surface area (Å²) in [5, 5.41) is 3.49. The van der Waals surface area contributed by atoms with E-state index in [0.717, 1.165) is 6.54 Å². The van der Waals surface area contributed by atoms with Crippen LogP contribution in [-0.4, -0.2) is 36.1 Å². The molecule has 0 atom stereocenters. The van der Waals surface area contributed by atoms with Gasteiger partial charge < -0.3 is 5.32 Å². The molecule has 1 heterocycles. The largest absolute Gasteiger partial charge is 0.303 e. The highest BCUT2D eigenvalue weighted by atomic mass is 15.2. The molecule has 2 nitrogen and oxygen atoms in total. The fourth-order valence-corrected chi connectivity index (χ4v) is 2.04. The lowest BCUT2D eigenvalue weighted by Crippen LogP contribution is -2.50. The summed E-state index contributed by atoms with van der Waals surface area (Å²) in [6, 6.07) is 0.671. The first kappa shape index (κ1) is 12.5. The zero-order chi connectivity index (χ0) is 11.3. The Kier molecular flexibility index (Phi) is 4.63. The van der Waals surface area contributed by atoms with Crippen LogP contribution in [0.2, 0.25) is 0 Å². The van der Waals surface area contributed by atoms with Gasteiger partial charge in [-0.3, -0.25) is 4.90 Å². The monoisotopic (exact) mass is 208 g/mol. The van der Waals surface area contributed by atoms with E-state index in [4.69, 9.17) is 0 Å². The lowest BCUT2D eigenvalue weighted by atomic mass is 9.98. The van der Waals surface area contributed by atoms with Gasteiger partial charge in [-0.15, -0.1) is 5.92 Å². The summed E-state index contributed by atoms with van der Waals surface area (Å²) >= 11 is 0. The van der Waals surface area contributed by atoms with Gasteiger partial charge in [0.25, 0.3) is 0 Å². The topological polar surface area (TPSA) is 15.3 Å². The Hall–Kier alpha value is -0.520. The summed E-state index contributed by atoms with van der Waals surface area (Å²) in [4.78, 5) is 2.57. The molecule has 0 spiro atoms. The lowest BCUT2D eigenvalue weighted by molar-refractivity contribution is 0.0972. The van der Waals surface area contributed by atoms with Crippen molar-refractivity contribution in [2.75, 3.05) is 19.6 Å². The van der Waals surface area contributed by atoms with E-state index in [9.17, 15) is 0 Å². The second-order valence-electron chi connectivity index (χ2n) is 5.24. The molecule has 0 bridgehead atoms. The highest BCUT2D eigenvalue weighted by Crippen LogP contribution is 2.19. The zero-order valence-corrected chi connectivity index (χ0v) is 10.6. The standard InChI is InChI=1S/C13H24N2/c1-5-6-9-14-12-7-10-15(11-8-12)13(2,3)4/h12,14H,7-11H2,1-4H3. The molecular weight excluding hydrogens is 184 g/mol. The minimum absolute atomic E-state index is 0.328. The Balaban J connectivity index is 2.26. The third-order valence-electron chi connectivity index (χ3n) is 3.10. The Morgan fingerprint density at radius 2 is 1.87 bits per heavy atom. The average Bonchev–Trinajstić information content (AvgIpc) is 2.18. The van der Waals surface area contributed by atoms with Crippen LogP contribution in [0, 0.1) is 11.8 Å². The predicted molar refractivity (Wildman–Crippen MR) is 65.8 cm³/mol. The van der Waals surface area contributed by atoms with E-state index in [1.807, 2.05) is 6.92 Å². The summed E-state index contributed by atoms with van der Waals surface area (Å²) < 4.78 is 0. The lowest BCUT2D eigenvalue weighted by Gasteiger charge is -2.41. The highest BCUT2D eigenvalue weighted by Gasteiger charge is 2.26. The predicted octanol–water partition coefficient (Wildman–Crippen LogP) is 1.86. The second kappa shape index (κ2) is 5.53. The number of hydrogen-bond acceptors (Lipinski definition) is 2. The number of rotatable bonds is 2. The fraction of sp³-hybridized carbons (Fsp3) is 0.846. The van der Waals surface area contributed by atoms with Crippen molar-refractivity contribution in [1.82, 2.24) is 10.2 Å². The number of nitrogens with zero attached hydrogens (tertiary/aromatic N) is 1. The first-order valence-corrected chi connectivity index (χ1v) is 5.92. The molecule has 1 aliphatic heterocycles. The van der Waals surface area contributed by atoms with Gasteiger partial charge in [0.05, 0.1) is 6.54 Å². The van der Waals surface area contributed by atoms with Crippen molar-refractivity contribution in [1.29, 1.82) is 0 Å². The highest BCUT2D eigenvalue weighted by molar-refractivity contribution is 4.98. The molecule has 0 unspecified atom stereocenters. The maximum atomic E-state index is 3.49. The van der Waals surface area contributed by atoms with Crippen molar-refractivity contribution in [2.45, 2.75) is 52.1 Å². The van der Waals surface area contributed by atoms with Crippen molar-refractivity contribution >= 4 is 0 Å². The normalized spacial score (nSPS) is 19.7. The second-order valence-corrected chi connectivity index (χ2v) is 5.24. The molecule has 1 rings (SSSR count). The van der Waals surface area contributed by atoms with Crippen LogP contribution in [0.3, 0.4) is 0 Å². The smallest absolute Gasteiger partial charge is 0.0578 e. The molecule has 0 aromatic carbocycles. The molecule has 86 valence electrons. The van der Waals surface area contributed by atoms with Gasteiger partial charge in [-0.1, -0.05) is 5.92 Å². The van der Waals surface area contributed by atoms with Crippen LogP contribution in [0.4, 0.5) is 0 Å². The third kappa shape index (κ3) is 4.24. The van der Waals surface area contributed by atoms with Crippen molar-refractivity contribution in [2.24, 2.45) is 0 Å². The molecule has 15 heavy (non-hydrogen) atoms. The van der Waals surface area contributed by atoms with Gasteiger partial charge in [-0.05, 0) is 40.5 Å². The van der Waals surface area contributed by atoms with Gasteiger partial charge in [-0.25, -0.2) is 0 Å². The first-order valence-electron chi connectivity index (χ1n) is 5.92. The van der Waals surface area contributed by atoms with Crippen LogP contribution >= 0.6 is 0 Å². The van der Waals surface area contributed by atoms with Crippen LogP contribution in [0.15, 0.2) is 0 Å². The van der Waals surface area contributed by atoms with Gasteiger partial charge in [0.1, 0.15) is 0 Å². The van der Waals surface area contributed by atoms with E-state index in [-0.39, 0.29) is 0 Å². The van der Waals surface area contributed by atoms with Crippen molar-refractivity contribution in [3.63, 3.8) is 0 Å². The molecule has 1 saturated heterocycles. The molecule has 0 saturated carbocycles. The SMILES string of the molecule is CC#CCNC1CCN(C(C)(C)C)CC1. The molecule has 0 aromatic heterocycles. The molecule has 0 aromatic rings. The zero-order valence-electron chi connectivity index (χ0n) is 10.6. The van der Waals surface area contributed by atoms with Crippen LogP contribution in [-0.2, 0) is 0 Å². The molecule has 2 heteroatoms. The summed E-state index contributed by atoms with van der Waals surface area (Å²) in [5.74, 6) is 5.98. The van der Waals surface area contributed by atoms with E-state index in [0.29, 0.717) is 11.6 Å². The Morgan fingerprint density at radius 1 is 1.27 bits per heavy atom. The summed E-state index contributed by atoms with van der Waals surface area (Å²) in [6.07, 6.45) is 2.51. The van der Waals surface area contributed by atoms with E-state index >= 15 is 0 Å². The number of piperidine rings is 1.